The lowest BCUT2D eigenvalue weighted by Crippen LogP contribution is -1.90. The van der Waals surface area contributed by atoms with Gasteiger partial charge >= 0.3 is 0 Å². The topological polar surface area (TPSA) is 31.0 Å². The van der Waals surface area contributed by atoms with E-state index in [4.69, 9.17) is 4.42 Å². The van der Waals surface area contributed by atoms with Crippen molar-refractivity contribution in [2.45, 2.75) is 6.92 Å². The Balaban J connectivity index is 2.31. The number of rotatable bonds is 1. The van der Waals surface area contributed by atoms with E-state index in [1.807, 2.05) is 23.7 Å². The predicted molar refractivity (Wildman–Crippen MR) is 63.2 cm³/mol. The van der Waals surface area contributed by atoms with Crippen LogP contribution in [0.1, 0.15) is 5.56 Å². The second-order valence-electron chi connectivity index (χ2n) is 3.96. The van der Waals surface area contributed by atoms with Crippen molar-refractivity contribution in [3.05, 3.63) is 42.2 Å². The summed E-state index contributed by atoms with van der Waals surface area (Å²) in [4.78, 5) is 4.58. The van der Waals surface area contributed by atoms with E-state index in [-0.39, 0.29) is 0 Å². The van der Waals surface area contributed by atoms with Gasteiger partial charge in [0.05, 0.1) is 17.3 Å². The molecule has 0 aliphatic rings. The van der Waals surface area contributed by atoms with Gasteiger partial charge in [-0.1, -0.05) is 6.07 Å². The van der Waals surface area contributed by atoms with Gasteiger partial charge in [-0.3, -0.25) is 0 Å². The smallest absolute Gasteiger partial charge is 0.176 e. The molecule has 0 fully saturated rings. The highest BCUT2D eigenvalue weighted by molar-refractivity contribution is 5.80. The summed E-state index contributed by atoms with van der Waals surface area (Å²) in [6.07, 6.45) is 1.67. The van der Waals surface area contributed by atoms with Crippen LogP contribution in [0.15, 0.2) is 41.0 Å². The van der Waals surface area contributed by atoms with Crippen LogP contribution in [0.3, 0.4) is 0 Å². The average molecular weight is 212 g/mol. The van der Waals surface area contributed by atoms with Gasteiger partial charge in [0.25, 0.3) is 0 Å². The molecule has 0 atom stereocenters. The number of fused-ring (bicyclic) bond motifs is 1. The first-order valence-electron chi connectivity index (χ1n) is 5.22. The SMILES string of the molecule is Cc1ccc2c(c1)nc(-c1ccco1)n2C. The summed E-state index contributed by atoms with van der Waals surface area (Å²) < 4.78 is 7.43. The number of furan rings is 1. The number of hydrogen-bond acceptors (Lipinski definition) is 2. The fourth-order valence-electron chi connectivity index (χ4n) is 1.94. The third-order valence-electron chi connectivity index (χ3n) is 2.78. The van der Waals surface area contributed by atoms with Gasteiger partial charge in [-0.2, -0.15) is 0 Å². The Morgan fingerprint density at radius 2 is 2.12 bits per heavy atom. The molecule has 1 aromatic carbocycles. The van der Waals surface area contributed by atoms with E-state index in [0.717, 1.165) is 22.6 Å². The highest BCUT2D eigenvalue weighted by atomic mass is 16.3. The molecule has 3 heteroatoms. The number of hydrogen-bond donors (Lipinski definition) is 0. The van der Waals surface area contributed by atoms with Crippen LogP contribution in [0.25, 0.3) is 22.6 Å². The zero-order valence-corrected chi connectivity index (χ0v) is 9.27. The highest BCUT2D eigenvalue weighted by Gasteiger charge is 2.11. The largest absolute Gasteiger partial charge is 0.461 e. The van der Waals surface area contributed by atoms with E-state index in [2.05, 4.69) is 30.1 Å². The van der Waals surface area contributed by atoms with Gasteiger partial charge in [0.1, 0.15) is 0 Å². The summed E-state index contributed by atoms with van der Waals surface area (Å²) >= 11 is 0. The minimum atomic E-state index is 0.802. The lowest BCUT2D eigenvalue weighted by Gasteiger charge is -1.98. The fraction of sp³-hybridized carbons (Fsp3) is 0.154. The number of aromatic nitrogens is 2. The lowest BCUT2D eigenvalue weighted by molar-refractivity contribution is 0.574. The van der Waals surface area contributed by atoms with E-state index in [1.165, 1.54) is 5.56 Å². The summed E-state index contributed by atoms with van der Waals surface area (Å²) in [7, 11) is 2.00. The van der Waals surface area contributed by atoms with Crippen molar-refractivity contribution in [2.75, 3.05) is 0 Å². The molecule has 2 aromatic heterocycles. The molecule has 0 aliphatic heterocycles. The first-order chi connectivity index (χ1) is 7.75. The fourth-order valence-corrected chi connectivity index (χ4v) is 1.94. The van der Waals surface area contributed by atoms with Crippen molar-refractivity contribution >= 4 is 11.0 Å². The van der Waals surface area contributed by atoms with E-state index >= 15 is 0 Å². The third-order valence-corrected chi connectivity index (χ3v) is 2.78. The van der Waals surface area contributed by atoms with Crippen LogP contribution in [0.5, 0.6) is 0 Å². The zero-order valence-electron chi connectivity index (χ0n) is 9.27. The van der Waals surface area contributed by atoms with Crippen molar-refractivity contribution in [2.24, 2.45) is 7.05 Å². The monoisotopic (exact) mass is 212 g/mol. The summed E-state index contributed by atoms with van der Waals surface area (Å²) in [5.41, 5.74) is 3.35. The molecule has 0 saturated carbocycles. The molecule has 0 unspecified atom stereocenters. The van der Waals surface area contributed by atoms with Gasteiger partial charge in [0, 0.05) is 7.05 Å². The molecule has 0 saturated heterocycles. The van der Waals surface area contributed by atoms with Crippen molar-refractivity contribution in [1.82, 2.24) is 9.55 Å². The van der Waals surface area contributed by atoms with Gasteiger partial charge in [-0.15, -0.1) is 0 Å². The molecular formula is C13H12N2O. The van der Waals surface area contributed by atoms with E-state index in [1.54, 1.807) is 6.26 Å². The molecule has 0 radical (unpaired) electrons. The van der Waals surface area contributed by atoms with Gasteiger partial charge in [-0.25, -0.2) is 4.98 Å². The predicted octanol–water partition coefficient (Wildman–Crippen LogP) is 3.14. The second-order valence-corrected chi connectivity index (χ2v) is 3.96. The lowest BCUT2D eigenvalue weighted by atomic mass is 10.2. The Morgan fingerprint density at radius 3 is 2.88 bits per heavy atom. The van der Waals surface area contributed by atoms with Gasteiger partial charge in [0.15, 0.2) is 11.6 Å². The molecular weight excluding hydrogens is 200 g/mol. The van der Waals surface area contributed by atoms with Crippen molar-refractivity contribution in [3.63, 3.8) is 0 Å². The summed E-state index contributed by atoms with van der Waals surface area (Å²) in [6, 6.07) is 10.1. The maximum Gasteiger partial charge on any atom is 0.176 e. The first-order valence-corrected chi connectivity index (χ1v) is 5.22. The summed E-state index contributed by atoms with van der Waals surface area (Å²) in [5, 5.41) is 0. The van der Waals surface area contributed by atoms with Crippen LogP contribution >= 0.6 is 0 Å². The standard InChI is InChI=1S/C13H12N2O/c1-9-5-6-11-10(8-9)14-13(15(11)2)12-4-3-7-16-12/h3-8H,1-2H3. The quantitative estimate of drug-likeness (QED) is 0.620. The molecule has 0 aliphatic carbocycles. The highest BCUT2D eigenvalue weighted by Crippen LogP contribution is 2.24. The third kappa shape index (κ3) is 1.25. The Bertz CT molecular complexity index is 635. The van der Waals surface area contributed by atoms with Gasteiger partial charge in [-0.05, 0) is 36.8 Å². The molecule has 2 heterocycles. The van der Waals surface area contributed by atoms with Crippen LogP contribution in [-0.4, -0.2) is 9.55 Å². The molecule has 3 nitrogen and oxygen atoms in total. The molecule has 3 aromatic rings. The second kappa shape index (κ2) is 3.23. The number of benzene rings is 1. The summed E-state index contributed by atoms with van der Waals surface area (Å²) in [5.74, 6) is 1.67. The van der Waals surface area contributed by atoms with Crippen molar-refractivity contribution < 1.29 is 4.42 Å². The van der Waals surface area contributed by atoms with Crippen LogP contribution in [0.2, 0.25) is 0 Å². The minimum Gasteiger partial charge on any atom is -0.461 e. The molecule has 16 heavy (non-hydrogen) atoms. The maximum absolute atomic E-state index is 5.38. The van der Waals surface area contributed by atoms with E-state index in [9.17, 15) is 0 Å². The van der Waals surface area contributed by atoms with Crippen LogP contribution < -0.4 is 0 Å². The Kier molecular flexibility index (Phi) is 1.86. The van der Waals surface area contributed by atoms with Gasteiger partial charge < -0.3 is 8.98 Å². The molecule has 80 valence electrons. The van der Waals surface area contributed by atoms with Crippen LogP contribution in [-0.2, 0) is 7.05 Å². The normalized spacial score (nSPS) is 11.1. The molecule has 3 rings (SSSR count). The average Bonchev–Trinajstić information content (AvgIpc) is 2.86. The Labute approximate surface area is 93.3 Å². The summed E-state index contributed by atoms with van der Waals surface area (Å²) in [6.45, 7) is 2.07. The maximum atomic E-state index is 5.38. The first kappa shape index (κ1) is 9.21. The number of imidazole rings is 1. The van der Waals surface area contributed by atoms with E-state index in [0.29, 0.717) is 0 Å². The Hall–Kier alpha value is -2.03. The molecule has 0 bridgehead atoms. The van der Waals surface area contributed by atoms with Crippen molar-refractivity contribution in [3.8, 4) is 11.6 Å². The van der Waals surface area contributed by atoms with Gasteiger partial charge in [0.2, 0.25) is 0 Å². The molecule has 0 spiro atoms. The van der Waals surface area contributed by atoms with Crippen molar-refractivity contribution in [1.29, 1.82) is 0 Å². The number of aryl methyl sites for hydroxylation is 2. The minimum absolute atomic E-state index is 0.802. The van der Waals surface area contributed by atoms with E-state index < -0.39 is 0 Å². The molecule has 0 N–H and O–H groups in total. The zero-order chi connectivity index (χ0) is 11.1. The van der Waals surface area contributed by atoms with Crippen LogP contribution in [0, 0.1) is 6.92 Å². The van der Waals surface area contributed by atoms with Crippen LogP contribution in [0.4, 0.5) is 0 Å². The molecule has 0 amide bonds. The number of nitrogens with zero attached hydrogens (tertiary/aromatic N) is 2. The Morgan fingerprint density at radius 1 is 1.25 bits per heavy atom.